The summed E-state index contributed by atoms with van der Waals surface area (Å²) in [5.74, 6) is -0.319. The van der Waals surface area contributed by atoms with Gasteiger partial charge < -0.3 is 9.84 Å². The molecule has 0 bridgehead atoms. The van der Waals surface area contributed by atoms with E-state index >= 15 is 0 Å². The summed E-state index contributed by atoms with van der Waals surface area (Å²) in [6, 6.07) is 15.3. The van der Waals surface area contributed by atoms with Crippen LogP contribution in [0.5, 0.6) is 5.75 Å². The number of aromatic nitrogens is 2. The lowest BCUT2D eigenvalue weighted by molar-refractivity contribution is 0.0690. The Kier molecular flexibility index (Phi) is 5.27. The second-order valence-corrected chi connectivity index (χ2v) is 6.56. The molecule has 2 aromatic heterocycles. The summed E-state index contributed by atoms with van der Waals surface area (Å²) >= 11 is 0. The van der Waals surface area contributed by atoms with Gasteiger partial charge in [-0.15, -0.1) is 0 Å². The molecule has 0 saturated carbocycles. The third-order valence-electron chi connectivity index (χ3n) is 4.60. The number of hydrazine groups is 1. The first-order valence-corrected chi connectivity index (χ1v) is 9.05. The van der Waals surface area contributed by atoms with E-state index in [0.29, 0.717) is 12.4 Å². The van der Waals surface area contributed by atoms with E-state index in [4.69, 9.17) is 9.84 Å². The maximum absolute atomic E-state index is 10.9. The first-order chi connectivity index (χ1) is 13.7. The highest BCUT2D eigenvalue weighted by atomic mass is 16.5. The molecule has 0 amide bonds. The predicted octanol–water partition coefficient (Wildman–Crippen LogP) is 2.96. The molecule has 0 radical (unpaired) electrons. The first-order valence-electron chi connectivity index (χ1n) is 9.05. The van der Waals surface area contributed by atoms with Gasteiger partial charge in [0.25, 0.3) is 0 Å². The van der Waals surface area contributed by atoms with Gasteiger partial charge in [-0.2, -0.15) is 0 Å². The van der Waals surface area contributed by atoms with Crippen LogP contribution in [-0.2, 0) is 6.61 Å². The van der Waals surface area contributed by atoms with E-state index in [9.17, 15) is 4.79 Å². The number of rotatable bonds is 6. The molecular weight excluding hydrogens is 356 g/mol. The van der Waals surface area contributed by atoms with E-state index in [1.54, 1.807) is 18.5 Å². The molecule has 1 aliphatic heterocycles. The number of aromatic carboxylic acids is 1. The number of ether oxygens (including phenoxy) is 1. The number of carboxylic acids is 1. The number of pyridine rings is 2. The fourth-order valence-electron chi connectivity index (χ4n) is 3.09. The normalized spacial score (nSPS) is 16.1. The van der Waals surface area contributed by atoms with Gasteiger partial charge in [0.05, 0.1) is 17.9 Å². The largest absolute Gasteiger partial charge is 0.487 e. The van der Waals surface area contributed by atoms with E-state index in [0.717, 1.165) is 35.3 Å². The molecule has 1 atom stereocenters. The van der Waals surface area contributed by atoms with Crippen LogP contribution < -0.4 is 15.6 Å². The lowest BCUT2D eigenvalue weighted by Gasteiger charge is -2.11. The summed E-state index contributed by atoms with van der Waals surface area (Å²) in [6.07, 6.45) is 4.33. The Hall–Kier alpha value is -3.29. The molecule has 4 rings (SSSR count). The molecule has 3 N–H and O–H groups in total. The number of nitrogens with one attached hydrogen (secondary N) is 2. The highest BCUT2D eigenvalue weighted by Gasteiger charge is 2.16. The summed E-state index contributed by atoms with van der Waals surface area (Å²) in [6.45, 7) is 1.36. The van der Waals surface area contributed by atoms with Gasteiger partial charge in [0.1, 0.15) is 18.1 Å². The molecule has 1 saturated heterocycles. The van der Waals surface area contributed by atoms with E-state index in [2.05, 4.69) is 20.8 Å². The third kappa shape index (κ3) is 4.16. The van der Waals surface area contributed by atoms with Crippen molar-refractivity contribution in [2.45, 2.75) is 19.1 Å². The number of hydrogen-bond acceptors (Lipinski definition) is 6. The van der Waals surface area contributed by atoms with Gasteiger partial charge in [-0.1, -0.05) is 24.3 Å². The van der Waals surface area contributed by atoms with Crippen LogP contribution >= 0.6 is 0 Å². The minimum atomic E-state index is -1.03. The molecular formula is C21H20N4O3. The van der Waals surface area contributed by atoms with Crippen molar-refractivity contribution in [2.24, 2.45) is 0 Å². The van der Waals surface area contributed by atoms with Crippen molar-refractivity contribution < 1.29 is 14.6 Å². The fourth-order valence-corrected chi connectivity index (χ4v) is 3.09. The average Bonchev–Trinajstić information content (AvgIpc) is 3.28. The lowest BCUT2D eigenvalue weighted by Crippen LogP contribution is -2.25. The van der Waals surface area contributed by atoms with Gasteiger partial charge in [0, 0.05) is 18.3 Å². The zero-order valence-corrected chi connectivity index (χ0v) is 15.1. The monoisotopic (exact) mass is 376 g/mol. The number of nitrogens with zero attached hydrogens (tertiary/aromatic N) is 2. The Labute approximate surface area is 162 Å². The molecule has 142 valence electrons. The van der Waals surface area contributed by atoms with Crippen LogP contribution in [0.25, 0.3) is 11.1 Å². The van der Waals surface area contributed by atoms with Gasteiger partial charge in [-0.05, 0) is 41.8 Å². The zero-order valence-electron chi connectivity index (χ0n) is 15.1. The van der Waals surface area contributed by atoms with Gasteiger partial charge >= 0.3 is 5.97 Å². The maximum Gasteiger partial charge on any atom is 0.354 e. The van der Waals surface area contributed by atoms with Crippen molar-refractivity contribution in [2.75, 3.05) is 6.54 Å². The standard InChI is InChI=1S/C21H20N4O3/c26-21(27)20-6-4-16(11-22-20)15-3-1-2-14(10-15)13-28-17-5-7-18(23-12-17)19-8-9-24-25-19/h1-7,10-12,19,24-25H,8-9,13H2,(H,26,27). The zero-order chi connectivity index (χ0) is 19.3. The van der Waals surface area contributed by atoms with Crippen molar-refractivity contribution in [3.63, 3.8) is 0 Å². The topological polar surface area (TPSA) is 96.4 Å². The van der Waals surface area contributed by atoms with Crippen LogP contribution in [0.15, 0.2) is 60.9 Å². The Morgan fingerprint density at radius 2 is 2.04 bits per heavy atom. The molecule has 1 aliphatic rings. The predicted molar refractivity (Wildman–Crippen MR) is 104 cm³/mol. The summed E-state index contributed by atoms with van der Waals surface area (Å²) < 4.78 is 5.86. The highest BCUT2D eigenvalue weighted by molar-refractivity contribution is 5.85. The molecule has 1 fully saturated rings. The van der Waals surface area contributed by atoms with Gasteiger partial charge in [-0.25, -0.2) is 15.2 Å². The molecule has 28 heavy (non-hydrogen) atoms. The van der Waals surface area contributed by atoms with Crippen molar-refractivity contribution in [3.8, 4) is 16.9 Å². The molecule has 0 aliphatic carbocycles. The van der Waals surface area contributed by atoms with E-state index in [-0.39, 0.29) is 11.7 Å². The SMILES string of the molecule is O=C(O)c1ccc(-c2cccc(COc3ccc(C4CCNN4)nc3)c2)cn1. The summed E-state index contributed by atoms with van der Waals surface area (Å²) in [5, 5.41) is 8.96. The Bertz CT molecular complexity index is 952. The van der Waals surface area contributed by atoms with Gasteiger partial charge in [0.15, 0.2) is 0 Å². The summed E-state index contributed by atoms with van der Waals surface area (Å²) in [4.78, 5) is 19.4. The molecule has 1 unspecified atom stereocenters. The lowest BCUT2D eigenvalue weighted by atomic mass is 10.0. The molecule has 7 nitrogen and oxygen atoms in total. The second kappa shape index (κ2) is 8.16. The van der Waals surface area contributed by atoms with Crippen LogP contribution in [0.1, 0.15) is 34.2 Å². The van der Waals surface area contributed by atoms with Gasteiger partial charge in [-0.3, -0.25) is 10.4 Å². The average molecular weight is 376 g/mol. The molecule has 3 heterocycles. The maximum atomic E-state index is 10.9. The van der Waals surface area contributed by atoms with Crippen molar-refractivity contribution >= 4 is 5.97 Å². The van der Waals surface area contributed by atoms with Crippen molar-refractivity contribution in [1.82, 2.24) is 20.8 Å². The van der Waals surface area contributed by atoms with Crippen LogP contribution in [0.4, 0.5) is 0 Å². The van der Waals surface area contributed by atoms with E-state index in [1.165, 1.54) is 6.07 Å². The Morgan fingerprint density at radius 3 is 2.71 bits per heavy atom. The summed E-state index contributed by atoms with van der Waals surface area (Å²) in [5.41, 5.74) is 10.1. The number of carbonyl (C=O) groups is 1. The van der Waals surface area contributed by atoms with Crippen LogP contribution in [0.2, 0.25) is 0 Å². The van der Waals surface area contributed by atoms with E-state index < -0.39 is 5.97 Å². The number of carboxylic acid groups (broad SMARTS) is 1. The molecule has 3 aromatic rings. The minimum Gasteiger partial charge on any atom is -0.487 e. The van der Waals surface area contributed by atoms with Crippen molar-refractivity contribution in [3.05, 3.63) is 77.9 Å². The minimum absolute atomic E-state index is 0.0303. The smallest absolute Gasteiger partial charge is 0.354 e. The molecule has 0 spiro atoms. The van der Waals surface area contributed by atoms with E-state index in [1.807, 2.05) is 36.4 Å². The number of hydrogen-bond donors (Lipinski definition) is 3. The van der Waals surface area contributed by atoms with Gasteiger partial charge in [0.2, 0.25) is 0 Å². The van der Waals surface area contributed by atoms with Crippen LogP contribution in [-0.4, -0.2) is 27.6 Å². The quantitative estimate of drug-likeness (QED) is 0.609. The molecule has 7 heteroatoms. The second-order valence-electron chi connectivity index (χ2n) is 6.56. The Morgan fingerprint density at radius 1 is 1.11 bits per heavy atom. The Balaban J connectivity index is 1.41. The van der Waals surface area contributed by atoms with Crippen LogP contribution in [0, 0.1) is 0 Å². The number of benzene rings is 1. The summed E-state index contributed by atoms with van der Waals surface area (Å²) in [7, 11) is 0. The third-order valence-corrected chi connectivity index (χ3v) is 4.60. The highest BCUT2D eigenvalue weighted by Crippen LogP contribution is 2.22. The first kappa shape index (κ1) is 18.1. The fraction of sp³-hybridized carbons (Fsp3) is 0.190. The molecule has 1 aromatic carbocycles. The van der Waals surface area contributed by atoms with Crippen LogP contribution in [0.3, 0.4) is 0 Å². The van der Waals surface area contributed by atoms with Crippen molar-refractivity contribution in [1.29, 1.82) is 0 Å².